The third kappa shape index (κ3) is 1.66. The molecule has 3 rings (SSSR count). The number of fused-ring (bicyclic) bond motifs is 2. The van der Waals surface area contributed by atoms with Gasteiger partial charge in [0.15, 0.2) is 0 Å². The third-order valence-corrected chi connectivity index (χ3v) is 3.93. The number of hydrogen-bond donors (Lipinski definition) is 0. The number of allylic oxidation sites excluding steroid dienone is 2. The number of hydrogen-bond acceptors (Lipinski definition) is 2. The van der Waals surface area contributed by atoms with Crippen molar-refractivity contribution in [3.63, 3.8) is 0 Å². The van der Waals surface area contributed by atoms with E-state index in [1.165, 1.54) is 0 Å². The number of aromatic nitrogens is 2. The monoisotopic (exact) mass is 280 g/mol. The lowest BCUT2D eigenvalue weighted by atomic mass is 10.2. The van der Waals surface area contributed by atoms with Gasteiger partial charge in [-0.1, -0.05) is 23.7 Å². The molecule has 0 bridgehead atoms. The largest absolute Gasteiger partial charge is 0.292 e. The van der Waals surface area contributed by atoms with E-state index in [9.17, 15) is 4.79 Å². The summed E-state index contributed by atoms with van der Waals surface area (Å²) in [5, 5.41) is 1.22. The van der Waals surface area contributed by atoms with Gasteiger partial charge < -0.3 is 0 Å². The predicted molar refractivity (Wildman–Crippen MR) is 74.1 cm³/mol. The molecule has 1 aromatic carbocycles. The Morgan fingerprint density at radius 2 is 2.17 bits per heavy atom. The predicted octanol–water partition coefficient (Wildman–Crippen LogP) is 2.99. The maximum atomic E-state index is 12.3. The second-order valence-corrected chi connectivity index (χ2v) is 4.90. The minimum atomic E-state index is -0.00959. The number of alkyl halides is 1. The van der Waals surface area contributed by atoms with Crippen LogP contribution in [0.2, 0.25) is 0 Å². The van der Waals surface area contributed by atoms with Crippen LogP contribution in [0.4, 0.5) is 0 Å². The van der Waals surface area contributed by atoms with Crippen LogP contribution in [-0.4, -0.2) is 15.4 Å². The Morgan fingerprint density at radius 1 is 1.39 bits per heavy atom. The van der Waals surface area contributed by atoms with Crippen LogP contribution in [0.25, 0.3) is 16.5 Å². The highest BCUT2D eigenvalue weighted by atomic mass is 35.5. The molecule has 5 heteroatoms. The van der Waals surface area contributed by atoms with Crippen molar-refractivity contribution in [2.75, 3.05) is 5.88 Å². The summed E-state index contributed by atoms with van der Waals surface area (Å²) in [5.74, 6) is 0.906. The van der Waals surface area contributed by atoms with E-state index in [2.05, 4.69) is 4.98 Å². The molecule has 1 aliphatic heterocycles. The van der Waals surface area contributed by atoms with Crippen LogP contribution in [0.5, 0.6) is 0 Å². The number of rotatable bonds is 1. The molecule has 2 aromatic rings. The van der Waals surface area contributed by atoms with Gasteiger partial charge in [-0.05, 0) is 18.6 Å². The van der Waals surface area contributed by atoms with Crippen LogP contribution in [0.3, 0.4) is 0 Å². The Morgan fingerprint density at radius 3 is 2.94 bits per heavy atom. The van der Waals surface area contributed by atoms with E-state index in [-0.39, 0.29) is 11.4 Å². The molecule has 0 amide bonds. The molecule has 0 spiro atoms. The van der Waals surface area contributed by atoms with Gasteiger partial charge in [-0.25, -0.2) is 4.98 Å². The molecule has 0 aliphatic carbocycles. The highest BCUT2D eigenvalue weighted by Gasteiger charge is 2.22. The van der Waals surface area contributed by atoms with Crippen LogP contribution >= 0.6 is 23.2 Å². The van der Waals surface area contributed by atoms with E-state index in [0.29, 0.717) is 34.7 Å². The summed E-state index contributed by atoms with van der Waals surface area (Å²) >= 11 is 11.8. The van der Waals surface area contributed by atoms with E-state index >= 15 is 0 Å². The van der Waals surface area contributed by atoms with Gasteiger partial charge in [0.1, 0.15) is 5.82 Å². The number of para-hydroxylation sites is 1. The van der Waals surface area contributed by atoms with Crippen LogP contribution in [-0.2, 0) is 6.54 Å². The molecule has 2 heterocycles. The fourth-order valence-electron chi connectivity index (χ4n) is 2.28. The lowest BCUT2D eigenvalue weighted by molar-refractivity contribution is 0.725. The van der Waals surface area contributed by atoms with Gasteiger partial charge in [0.05, 0.1) is 16.8 Å². The van der Waals surface area contributed by atoms with Gasteiger partial charge >= 0.3 is 0 Å². The Bertz CT molecular complexity index is 718. The van der Waals surface area contributed by atoms with E-state index in [1.54, 1.807) is 10.6 Å². The molecule has 0 atom stereocenters. The molecule has 0 radical (unpaired) electrons. The molecule has 0 fully saturated rings. The van der Waals surface area contributed by atoms with Crippen LogP contribution in [0.15, 0.2) is 34.1 Å². The van der Waals surface area contributed by atoms with Crippen LogP contribution in [0, 0.1) is 0 Å². The summed E-state index contributed by atoms with van der Waals surface area (Å²) in [4.78, 5) is 16.8. The van der Waals surface area contributed by atoms with Crippen LogP contribution < -0.4 is 5.56 Å². The van der Waals surface area contributed by atoms with Gasteiger partial charge in [-0.2, -0.15) is 0 Å². The topological polar surface area (TPSA) is 34.9 Å². The first-order chi connectivity index (χ1) is 8.72. The maximum Gasteiger partial charge on any atom is 0.261 e. The molecular formula is C13H10Cl2N2O. The van der Waals surface area contributed by atoms with Crippen molar-refractivity contribution in [2.24, 2.45) is 0 Å². The highest BCUT2D eigenvalue weighted by molar-refractivity contribution is 6.38. The van der Waals surface area contributed by atoms with E-state index in [0.717, 1.165) is 5.57 Å². The molecular weight excluding hydrogens is 271 g/mol. The zero-order valence-corrected chi connectivity index (χ0v) is 11.0. The molecule has 0 N–H and O–H groups in total. The molecule has 18 heavy (non-hydrogen) atoms. The summed E-state index contributed by atoms with van der Waals surface area (Å²) in [6.45, 7) is 0.619. The standard InChI is InChI=1S/C13H10Cl2N2O/c14-7-10(15)8-5-6-17-12(8)16-11-4-2-1-3-9(11)13(17)18/h1-4H,5-7H2/b10-8+. The van der Waals surface area contributed by atoms with E-state index < -0.39 is 0 Å². The summed E-state index contributed by atoms with van der Waals surface area (Å²) in [5.41, 5.74) is 1.58. The second kappa shape index (κ2) is 4.41. The smallest absolute Gasteiger partial charge is 0.261 e. The van der Waals surface area contributed by atoms with Crippen LogP contribution in [0.1, 0.15) is 12.2 Å². The Labute approximate surface area is 114 Å². The zero-order chi connectivity index (χ0) is 12.7. The highest BCUT2D eigenvalue weighted by Crippen LogP contribution is 2.30. The molecule has 0 saturated heterocycles. The average Bonchev–Trinajstić information content (AvgIpc) is 2.82. The van der Waals surface area contributed by atoms with Crippen molar-refractivity contribution < 1.29 is 0 Å². The Hall–Kier alpha value is -1.32. The summed E-state index contributed by atoms with van der Waals surface area (Å²) in [7, 11) is 0. The first-order valence-electron chi connectivity index (χ1n) is 5.66. The molecule has 92 valence electrons. The van der Waals surface area contributed by atoms with Gasteiger partial charge in [-0.3, -0.25) is 9.36 Å². The van der Waals surface area contributed by atoms with Gasteiger partial charge in [0, 0.05) is 17.2 Å². The van der Waals surface area contributed by atoms with Gasteiger partial charge in [0.25, 0.3) is 5.56 Å². The summed E-state index contributed by atoms with van der Waals surface area (Å²) < 4.78 is 1.67. The van der Waals surface area contributed by atoms with Crippen molar-refractivity contribution in [3.8, 4) is 0 Å². The fourth-order valence-corrected chi connectivity index (χ4v) is 2.62. The number of nitrogens with zero attached hydrogens (tertiary/aromatic N) is 2. The van der Waals surface area contributed by atoms with E-state index in [4.69, 9.17) is 23.2 Å². The Balaban J connectivity index is 2.37. The van der Waals surface area contributed by atoms with E-state index in [1.807, 2.05) is 18.2 Å². The number of halogens is 2. The van der Waals surface area contributed by atoms with Crippen molar-refractivity contribution in [1.29, 1.82) is 0 Å². The van der Waals surface area contributed by atoms with Crippen molar-refractivity contribution in [2.45, 2.75) is 13.0 Å². The van der Waals surface area contributed by atoms with Crippen molar-refractivity contribution >= 4 is 39.7 Å². The minimum Gasteiger partial charge on any atom is -0.292 e. The average molecular weight is 281 g/mol. The van der Waals surface area contributed by atoms with Gasteiger partial charge in [0.2, 0.25) is 0 Å². The quantitative estimate of drug-likeness (QED) is 0.753. The number of benzene rings is 1. The summed E-state index contributed by atoms with van der Waals surface area (Å²) in [6, 6.07) is 7.34. The fraction of sp³-hybridized carbons (Fsp3) is 0.231. The molecule has 3 nitrogen and oxygen atoms in total. The van der Waals surface area contributed by atoms with Crippen molar-refractivity contribution in [3.05, 3.63) is 45.5 Å². The van der Waals surface area contributed by atoms with Crippen molar-refractivity contribution in [1.82, 2.24) is 9.55 Å². The first-order valence-corrected chi connectivity index (χ1v) is 6.57. The molecule has 1 aliphatic rings. The lowest BCUT2D eigenvalue weighted by Gasteiger charge is -2.05. The SMILES string of the molecule is O=c1c2ccccc2nc2n1CC/C2=C(\Cl)CCl. The zero-order valence-electron chi connectivity index (χ0n) is 9.49. The van der Waals surface area contributed by atoms with Gasteiger partial charge in [-0.15, -0.1) is 11.6 Å². The maximum absolute atomic E-state index is 12.3. The molecule has 0 unspecified atom stereocenters. The minimum absolute atomic E-state index is 0.00959. The molecule has 0 saturated carbocycles. The first kappa shape index (κ1) is 11.8. The molecule has 1 aromatic heterocycles. The Kier molecular flexibility index (Phi) is 2.88. The summed E-state index contributed by atoms with van der Waals surface area (Å²) in [6.07, 6.45) is 0.712. The third-order valence-electron chi connectivity index (χ3n) is 3.16. The normalized spacial score (nSPS) is 17.0. The second-order valence-electron chi connectivity index (χ2n) is 4.18. The lowest BCUT2D eigenvalue weighted by Crippen LogP contribution is -2.20.